The highest BCUT2D eigenvalue weighted by Gasteiger charge is 2.15. The molecule has 0 radical (unpaired) electrons. The lowest BCUT2D eigenvalue weighted by Crippen LogP contribution is -2.09. The van der Waals surface area contributed by atoms with Crippen molar-refractivity contribution in [2.75, 3.05) is 0 Å². The third-order valence-electron chi connectivity index (χ3n) is 4.04. The minimum absolute atomic E-state index is 0.212. The van der Waals surface area contributed by atoms with E-state index in [2.05, 4.69) is 15.3 Å². The molecule has 0 saturated heterocycles. The van der Waals surface area contributed by atoms with Gasteiger partial charge in [-0.3, -0.25) is 4.79 Å². The summed E-state index contributed by atoms with van der Waals surface area (Å²) in [6.07, 6.45) is 1.42. The number of aromatic nitrogens is 4. The normalized spacial score (nSPS) is 12.2. The van der Waals surface area contributed by atoms with Gasteiger partial charge < -0.3 is 9.72 Å². The van der Waals surface area contributed by atoms with Gasteiger partial charge in [-0.05, 0) is 43.3 Å². The largest absolute Gasteiger partial charge is 0.483 e. The Bertz CT molecular complexity index is 1120. The Morgan fingerprint density at radius 3 is 2.73 bits per heavy atom. The Balaban J connectivity index is 1.62. The lowest BCUT2D eigenvalue weighted by atomic mass is 10.2. The minimum atomic E-state index is -0.374. The molecule has 1 N–H and O–H groups in total. The highest BCUT2D eigenvalue weighted by Crippen LogP contribution is 2.26. The molecule has 0 aliphatic rings. The van der Waals surface area contributed by atoms with E-state index < -0.39 is 0 Å². The number of nitrogens with one attached hydrogen (secondary N) is 1. The van der Waals surface area contributed by atoms with E-state index in [1.807, 2.05) is 43.3 Å². The highest BCUT2D eigenvalue weighted by molar-refractivity contribution is 6.30. The van der Waals surface area contributed by atoms with Crippen molar-refractivity contribution in [1.29, 1.82) is 0 Å². The number of pyridine rings is 1. The SMILES string of the molecule is C[C@@H](Oc1cc(=O)[nH]c2ccccc12)c1cn(-c2ccc(Cl)cc2)nn1. The molecule has 2 aromatic heterocycles. The Morgan fingerprint density at radius 2 is 1.92 bits per heavy atom. The van der Waals surface area contributed by atoms with Crippen LogP contribution in [0.15, 0.2) is 65.6 Å². The smallest absolute Gasteiger partial charge is 0.252 e. The van der Waals surface area contributed by atoms with E-state index in [1.54, 1.807) is 23.0 Å². The van der Waals surface area contributed by atoms with E-state index in [-0.39, 0.29) is 11.7 Å². The van der Waals surface area contributed by atoms with Gasteiger partial charge in [0.25, 0.3) is 5.56 Å². The molecule has 0 spiro atoms. The first kappa shape index (κ1) is 16.4. The fraction of sp³-hybridized carbons (Fsp3) is 0.105. The first-order valence-corrected chi connectivity index (χ1v) is 8.45. The average molecular weight is 367 g/mol. The molecule has 7 heteroatoms. The molecule has 2 heterocycles. The molecule has 130 valence electrons. The van der Waals surface area contributed by atoms with Crippen molar-refractivity contribution in [2.45, 2.75) is 13.0 Å². The fourth-order valence-corrected chi connectivity index (χ4v) is 2.83. The number of benzene rings is 2. The van der Waals surface area contributed by atoms with Crippen molar-refractivity contribution in [3.05, 3.63) is 81.9 Å². The molecule has 26 heavy (non-hydrogen) atoms. The van der Waals surface area contributed by atoms with Gasteiger partial charge in [-0.25, -0.2) is 4.68 Å². The predicted octanol–water partition coefficient (Wildman–Crippen LogP) is 3.90. The number of fused-ring (bicyclic) bond motifs is 1. The number of para-hydroxylation sites is 1. The van der Waals surface area contributed by atoms with Gasteiger partial charge in [0.05, 0.1) is 17.4 Å². The first-order chi connectivity index (χ1) is 12.6. The number of halogens is 1. The van der Waals surface area contributed by atoms with Gasteiger partial charge in [-0.15, -0.1) is 5.10 Å². The third-order valence-corrected chi connectivity index (χ3v) is 4.29. The second kappa shape index (κ2) is 6.65. The zero-order valence-corrected chi connectivity index (χ0v) is 14.6. The van der Waals surface area contributed by atoms with Crippen molar-refractivity contribution in [2.24, 2.45) is 0 Å². The van der Waals surface area contributed by atoms with E-state index in [0.717, 1.165) is 16.6 Å². The van der Waals surface area contributed by atoms with Crippen molar-refractivity contribution >= 4 is 22.5 Å². The number of rotatable bonds is 4. The van der Waals surface area contributed by atoms with E-state index >= 15 is 0 Å². The number of H-pyrrole nitrogens is 1. The summed E-state index contributed by atoms with van der Waals surface area (Å²) in [4.78, 5) is 14.7. The van der Waals surface area contributed by atoms with Gasteiger partial charge in [0.1, 0.15) is 17.5 Å². The van der Waals surface area contributed by atoms with Crippen LogP contribution in [0.4, 0.5) is 0 Å². The zero-order chi connectivity index (χ0) is 18.1. The van der Waals surface area contributed by atoms with Gasteiger partial charge in [-0.2, -0.15) is 0 Å². The van der Waals surface area contributed by atoms with Crippen LogP contribution >= 0.6 is 11.6 Å². The lowest BCUT2D eigenvalue weighted by Gasteiger charge is -2.13. The molecule has 6 nitrogen and oxygen atoms in total. The van der Waals surface area contributed by atoms with Crippen molar-refractivity contribution in [1.82, 2.24) is 20.0 Å². The van der Waals surface area contributed by atoms with Crippen LogP contribution in [0.5, 0.6) is 5.75 Å². The summed E-state index contributed by atoms with van der Waals surface area (Å²) in [6, 6.07) is 16.2. The molecule has 0 aliphatic carbocycles. The Labute approximate surface area is 154 Å². The molecule has 0 bridgehead atoms. The van der Waals surface area contributed by atoms with Gasteiger partial charge >= 0.3 is 0 Å². The minimum Gasteiger partial charge on any atom is -0.483 e. The number of nitrogens with zero attached hydrogens (tertiary/aromatic N) is 3. The van der Waals surface area contributed by atoms with Crippen LogP contribution in [0.1, 0.15) is 18.7 Å². The molecule has 4 rings (SSSR count). The number of ether oxygens (including phenoxy) is 1. The lowest BCUT2D eigenvalue weighted by molar-refractivity contribution is 0.224. The van der Waals surface area contributed by atoms with E-state index in [4.69, 9.17) is 16.3 Å². The van der Waals surface area contributed by atoms with Crippen molar-refractivity contribution < 1.29 is 4.74 Å². The summed E-state index contributed by atoms with van der Waals surface area (Å²) in [5, 5.41) is 9.81. The summed E-state index contributed by atoms with van der Waals surface area (Å²) >= 11 is 5.91. The summed E-state index contributed by atoms with van der Waals surface area (Å²) < 4.78 is 7.66. The third kappa shape index (κ3) is 3.19. The summed E-state index contributed by atoms with van der Waals surface area (Å²) in [5.74, 6) is 0.512. The Hall–Kier alpha value is -3.12. The summed E-state index contributed by atoms with van der Waals surface area (Å²) in [7, 11) is 0. The standard InChI is InChI=1S/C19H15ClN4O2/c1-12(17-11-24(23-22-17)14-8-6-13(20)7-9-14)26-18-10-19(25)21-16-5-3-2-4-15(16)18/h2-12H,1H3,(H,21,25)/t12-/m1/s1. The monoisotopic (exact) mass is 366 g/mol. The average Bonchev–Trinajstić information content (AvgIpc) is 3.12. The Kier molecular flexibility index (Phi) is 4.18. The van der Waals surface area contributed by atoms with Crippen LogP contribution in [0.3, 0.4) is 0 Å². The maximum atomic E-state index is 11.9. The fourth-order valence-electron chi connectivity index (χ4n) is 2.70. The highest BCUT2D eigenvalue weighted by atomic mass is 35.5. The topological polar surface area (TPSA) is 72.8 Å². The summed E-state index contributed by atoms with van der Waals surface area (Å²) in [5.41, 5.74) is 2.02. The molecule has 2 aromatic carbocycles. The molecular weight excluding hydrogens is 352 g/mol. The molecule has 1 atom stereocenters. The van der Waals surface area contributed by atoms with Gasteiger partial charge in [0.2, 0.25) is 0 Å². The van der Waals surface area contributed by atoms with Crippen molar-refractivity contribution in [3.8, 4) is 11.4 Å². The maximum absolute atomic E-state index is 11.9. The number of aromatic amines is 1. The second-order valence-corrected chi connectivity index (χ2v) is 6.30. The van der Waals surface area contributed by atoms with Crippen LogP contribution < -0.4 is 10.3 Å². The molecule has 0 saturated carbocycles. The van der Waals surface area contributed by atoms with Gasteiger partial charge in [0.15, 0.2) is 0 Å². The van der Waals surface area contributed by atoms with Crippen molar-refractivity contribution in [3.63, 3.8) is 0 Å². The van der Waals surface area contributed by atoms with E-state index in [9.17, 15) is 4.79 Å². The molecule has 0 aliphatic heterocycles. The summed E-state index contributed by atoms with van der Waals surface area (Å²) in [6.45, 7) is 1.87. The van der Waals surface area contributed by atoms with Crippen LogP contribution in [0.2, 0.25) is 5.02 Å². The van der Waals surface area contributed by atoms with Crippen LogP contribution in [-0.2, 0) is 0 Å². The quantitative estimate of drug-likeness (QED) is 0.594. The second-order valence-electron chi connectivity index (χ2n) is 5.87. The van der Waals surface area contributed by atoms with Crippen LogP contribution in [-0.4, -0.2) is 20.0 Å². The maximum Gasteiger partial charge on any atom is 0.252 e. The van der Waals surface area contributed by atoms with Crippen LogP contribution in [0, 0.1) is 0 Å². The number of hydrogen-bond acceptors (Lipinski definition) is 4. The first-order valence-electron chi connectivity index (χ1n) is 8.07. The molecule has 0 fully saturated rings. The van der Waals surface area contributed by atoms with Gasteiger partial charge in [0, 0.05) is 16.5 Å². The zero-order valence-electron chi connectivity index (χ0n) is 13.9. The van der Waals surface area contributed by atoms with Crippen LogP contribution in [0.25, 0.3) is 16.6 Å². The van der Waals surface area contributed by atoms with Gasteiger partial charge in [-0.1, -0.05) is 28.9 Å². The predicted molar refractivity (Wildman–Crippen MR) is 100.0 cm³/mol. The molecule has 0 unspecified atom stereocenters. The molecular formula is C19H15ClN4O2. The molecule has 4 aromatic rings. The molecule has 0 amide bonds. The number of hydrogen-bond donors (Lipinski definition) is 1. The van der Waals surface area contributed by atoms with E-state index in [1.165, 1.54) is 6.07 Å². The van der Waals surface area contributed by atoms with E-state index in [0.29, 0.717) is 16.5 Å². The Morgan fingerprint density at radius 1 is 1.15 bits per heavy atom.